The van der Waals surface area contributed by atoms with E-state index in [1.807, 2.05) is 0 Å². The molecule has 1 spiro atoms. The molecule has 10 heteroatoms. The summed E-state index contributed by atoms with van der Waals surface area (Å²) in [6.07, 6.45) is 1.84. The Morgan fingerprint density at radius 2 is 1.77 bits per heavy atom. The van der Waals surface area contributed by atoms with Crippen LogP contribution in [0.3, 0.4) is 0 Å². The third-order valence-electron chi connectivity index (χ3n) is 4.42. The number of halogens is 2. The Morgan fingerprint density at radius 3 is 2.27 bits per heavy atom. The van der Waals surface area contributed by atoms with Gasteiger partial charge < -0.3 is 0 Å². The molecule has 2 rings (SSSR count). The summed E-state index contributed by atoms with van der Waals surface area (Å²) < 4.78 is 77.7. The SMILES string of the molecule is CCS(=O)(=O)NCCS(=O)(=O)N1CC(F)(F)CC2(CCC2)C1. The van der Waals surface area contributed by atoms with Gasteiger partial charge in [-0.3, -0.25) is 0 Å². The zero-order valence-electron chi connectivity index (χ0n) is 12.5. The number of sulfonamides is 2. The van der Waals surface area contributed by atoms with Crippen LogP contribution in [-0.4, -0.2) is 58.2 Å². The second kappa shape index (κ2) is 5.95. The molecule has 22 heavy (non-hydrogen) atoms. The van der Waals surface area contributed by atoms with E-state index in [-0.39, 0.29) is 25.3 Å². The quantitative estimate of drug-likeness (QED) is 0.758. The lowest BCUT2D eigenvalue weighted by molar-refractivity contribution is -0.118. The van der Waals surface area contributed by atoms with E-state index in [4.69, 9.17) is 0 Å². The van der Waals surface area contributed by atoms with Crippen LogP contribution in [0.25, 0.3) is 0 Å². The molecule has 0 aromatic heterocycles. The third-order valence-corrected chi connectivity index (χ3v) is 7.59. The van der Waals surface area contributed by atoms with E-state index < -0.39 is 43.7 Å². The lowest BCUT2D eigenvalue weighted by Crippen LogP contribution is -2.57. The maximum atomic E-state index is 13.8. The summed E-state index contributed by atoms with van der Waals surface area (Å²) in [7, 11) is -7.40. The first-order valence-corrected chi connectivity index (χ1v) is 10.6. The van der Waals surface area contributed by atoms with E-state index in [1.165, 1.54) is 6.92 Å². The number of nitrogens with one attached hydrogen (secondary N) is 1. The predicted molar refractivity (Wildman–Crippen MR) is 78.7 cm³/mol. The summed E-state index contributed by atoms with van der Waals surface area (Å²) in [6, 6.07) is 0. The van der Waals surface area contributed by atoms with Crippen LogP contribution in [0.15, 0.2) is 0 Å². The molecule has 0 aromatic carbocycles. The summed E-state index contributed by atoms with van der Waals surface area (Å²) in [6.45, 7) is 0.443. The highest BCUT2D eigenvalue weighted by Crippen LogP contribution is 2.51. The molecule has 1 saturated heterocycles. The molecule has 1 aliphatic heterocycles. The topological polar surface area (TPSA) is 83.5 Å². The summed E-state index contributed by atoms with van der Waals surface area (Å²) in [5, 5.41) is 0. The van der Waals surface area contributed by atoms with Crippen molar-refractivity contribution in [2.75, 3.05) is 31.1 Å². The monoisotopic (exact) mass is 360 g/mol. The lowest BCUT2D eigenvalue weighted by atomic mass is 9.64. The molecule has 6 nitrogen and oxygen atoms in total. The predicted octanol–water partition coefficient (Wildman–Crippen LogP) is 0.767. The van der Waals surface area contributed by atoms with Gasteiger partial charge in [0.1, 0.15) is 0 Å². The number of hydrogen-bond acceptors (Lipinski definition) is 4. The zero-order chi connectivity index (χ0) is 16.6. The zero-order valence-corrected chi connectivity index (χ0v) is 14.1. The maximum Gasteiger partial charge on any atom is 0.262 e. The molecular weight excluding hydrogens is 338 g/mol. The Bertz CT molecular complexity index is 615. The number of piperidine rings is 1. The van der Waals surface area contributed by atoms with E-state index in [0.29, 0.717) is 12.8 Å². The first-order chi connectivity index (χ1) is 9.99. The molecule has 1 saturated carbocycles. The van der Waals surface area contributed by atoms with Gasteiger partial charge in [0.15, 0.2) is 0 Å². The fourth-order valence-electron chi connectivity index (χ4n) is 3.11. The summed E-state index contributed by atoms with van der Waals surface area (Å²) >= 11 is 0. The molecule has 1 N–H and O–H groups in total. The van der Waals surface area contributed by atoms with Crippen LogP contribution >= 0.6 is 0 Å². The summed E-state index contributed by atoms with van der Waals surface area (Å²) in [5.74, 6) is -3.68. The molecule has 2 aliphatic rings. The van der Waals surface area contributed by atoms with Crippen molar-refractivity contribution in [1.82, 2.24) is 9.03 Å². The summed E-state index contributed by atoms with van der Waals surface area (Å²) in [4.78, 5) is 0. The Kier molecular flexibility index (Phi) is 4.88. The number of hydrogen-bond donors (Lipinski definition) is 1. The van der Waals surface area contributed by atoms with Crippen LogP contribution in [0.2, 0.25) is 0 Å². The molecule has 0 atom stereocenters. The van der Waals surface area contributed by atoms with Crippen LogP contribution < -0.4 is 4.72 Å². The van der Waals surface area contributed by atoms with Crippen molar-refractivity contribution in [2.45, 2.75) is 38.5 Å². The largest absolute Gasteiger partial charge is 0.262 e. The van der Waals surface area contributed by atoms with Crippen molar-refractivity contribution in [3.05, 3.63) is 0 Å². The molecule has 2 fully saturated rings. The molecule has 130 valence electrons. The highest BCUT2D eigenvalue weighted by atomic mass is 32.2. The Hall–Kier alpha value is -0.320. The van der Waals surface area contributed by atoms with Gasteiger partial charge in [-0.1, -0.05) is 6.42 Å². The minimum absolute atomic E-state index is 0.117. The maximum absolute atomic E-state index is 13.8. The normalized spacial score (nSPS) is 25.0. The Morgan fingerprint density at radius 1 is 1.14 bits per heavy atom. The van der Waals surface area contributed by atoms with Crippen LogP contribution in [0.5, 0.6) is 0 Å². The van der Waals surface area contributed by atoms with E-state index in [1.54, 1.807) is 0 Å². The van der Waals surface area contributed by atoms with Crippen molar-refractivity contribution < 1.29 is 25.6 Å². The second-order valence-electron chi connectivity index (χ2n) is 6.27. The molecule has 0 unspecified atom stereocenters. The van der Waals surface area contributed by atoms with Gasteiger partial charge in [-0.15, -0.1) is 0 Å². The van der Waals surface area contributed by atoms with Gasteiger partial charge in [0, 0.05) is 19.5 Å². The van der Waals surface area contributed by atoms with E-state index in [2.05, 4.69) is 4.72 Å². The minimum Gasteiger partial charge on any atom is -0.214 e. The van der Waals surface area contributed by atoms with Crippen molar-refractivity contribution in [3.8, 4) is 0 Å². The van der Waals surface area contributed by atoms with Crippen molar-refractivity contribution in [3.63, 3.8) is 0 Å². The van der Waals surface area contributed by atoms with E-state index in [9.17, 15) is 25.6 Å². The Labute approximate surface area is 130 Å². The average molecular weight is 360 g/mol. The van der Waals surface area contributed by atoms with Gasteiger partial charge in [-0.05, 0) is 25.2 Å². The fraction of sp³-hybridized carbons (Fsp3) is 1.00. The average Bonchev–Trinajstić information content (AvgIpc) is 2.34. The van der Waals surface area contributed by atoms with Gasteiger partial charge in [0.05, 0.1) is 18.1 Å². The molecular formula is C12H22F2N2O4S2. The molecule has 0 amide bonds. The van der Waals surface area contributed by atoms with Crippen molar-refractivity contribution in [1.29, 1.82) is 0 Å². The van der Waals surface area contributed by atoms with E-state index in [0.717, 1.165) is 10.7 Å². The molecule has 1 aliphatic carbocycles. The first kappa shape index (κ1) is 18.0. The van der Waals surface area contributed by atoms with Crippen molar-refractivity contribution in [2.24, 2.45) is 5.41 Å². The highest BCUT2D eigenvalue weighted by Gasteiger charge is 2.53. The van der Waals surface area contributed by atoms with Crippen LogP contribution in [0, 0.1) is 5.41 Å². The van der Waals surface area contributed by atoms with Gasteiger partial charge in [-0.25, -0.2) is 30.3 Å². The molecule has 0 bridgehead atoms. The minimum atomic E-state index is -3.91. The number of alkyl halides is 2. The molecule has 0 radical (unpaired) electrons. The molecule has 1 heterocycles. The van der Waals surface area contributed by atoms with Crippen LogP contribution in [-0.2, 0) is 20.0 Å². The van der Waals surface area contributed by atoms with E-state index >= 15 is 0 Å². The lowest BCUT2D eigenvalue weighted by Gasteiger charge is -2.50. The van der Waals surface area contributed by atoms with Gasteiger partial charge in [-0.2, -0.15) is 4.31 Å². The van der Waals surface area contributed by atoms with Crippen LogP contribution in [0.1, 0.15) is 32.6 Å². The van der Waals surface area contributed by atoms with Crippen molar-refractivity contribution >= 4 is 20.0 Å². The number of rotatable bonds is 6. The summed E-state index contributed by atoms with van der Waals surface area (Å²) in [5.41, 5.74) is -0.599. The number of nitrogens with zero attached hydrogens (tertiary/aromatic N) is 1. The van der Waals surface area contributed by atoms with Gasteiger partial charge in [0.25, 0.3) is 5.92 Å². The Balaban J connectivity index is 2.02. The second-order valence-corrected chi connectivity index (χ2v) is 10.5. The van der Waals surface area contributed by atoms with Crippen LogP contribution in [0.4, 0.5) is 8.78 Å². The third kappa shape index (κ3) is 4.15. The van der Waals surface area contributed by atoms with Gasteiger partial charge >= 0.3 is 0 Å². The smallest absolute Gasteiger partial charge is 0.214 e. The standard InChI is InChI=1S/C12H22F2N2O4S2/c1-2-21(17,18)15-6-7-22(19,20)16-9-11(4-3-5-11)8-12(13,14)10-16/h15H,2-10H2,1H3. The fourth-order valence-corrected chi connectivity index (χ4v) is 5.33. The first-order valence-electron chi connectivity index (χ1n) is 7.32. The highest BCUT2D eigenvalue weighted by molar-refractivity contribution is 7.90. The molecule has 0 aromatic rings. The van der Waals surface area contributed by atoms with Gasteiger partial charge in [0.2, 0.25) is 20.0 Å².